The van der Waals surface area contributed by atoms with Gasteiger partial charge >= 0.3 is 11.9 Å². The lowest BCUT2D eigenvalue weighted by Crippen LogP contribution is -2.45. The Bertz CT molecular complexity index is 2480. The van der Waals surface area contributed by atoms with Gasteiger partial charge in [0.25, 0.3) is 5.91 Å². The van der Waals surface area contributed by atoms with E-state index in [9.17, 15) is 32.3 Å². The maximum Gasteiger partial charge on any atom is 0.433 e. The van der Waals surface area contributed by atoms with Crippen LogP contribution in [0.1, 0.15) is 84.5 Å². The number of rotatable bonds is 8. The molecule has 3 aliphatic rings. The summed E-state index contributed by atoms with van der Waals surface area (Å²) in [7, 11) is 3.72. The molecule has 0 spiro atoms. The molecular weight excluding hydrogens is 784 g/mol. The van der Waals surface area contributed by atoms with Gasteiger partial charge in [-0.3, -0.25) is 28.8 Å². The number of carbonyl (C=O) groups is 3. The van der Waals surface area contributed by atoms with Crippen LogP contribution >= 0.6 is 11.3 Å². The number of aryl methyl sites for hydroxylation is 1. The molecule has 3 fully saturated rings. The standard InChI is InChI=1S/C40H41F5N8O4S/c1-50(23-14-16-52(17-15-23)29-11-10-24(41)34-35(29)51(2)39(57)53(34)30-12-13-33(54)49-37(30)56)20-21-6-8-22(9-7-21)38-48-28-18-25(42)27(19-31(28)58-38)47-36(55)26-4-3-5-32(46-26)40(43,44)45/h3-5,10-11,18-19,21-23,30H,6-9,12-17,20H2,1-2H3,(H,47,55)(H,49,54,56)/t21-,22-,30?. The second kappa shape index (κ2) is 15.5. The SMILES string of the molecule is CN(C[C@H]1CC[C@H](c2nc3cc(F)c(NC(=O)c4cccc(C(F)(F)F)n4)cc3s2)CC1)C1CCN(c2ccc(F)c3c2n(C)c(=O)n3C2CCC(=O)NC2=O)CC1. The highest BCUT2D eigenvalue weighted by molar-refractivity contribution is 7.18. The number of benzene rings is 2. The van der Waals surface area contributed by atoms with Crippen LogP contribution in [0.5, 0.6) is 0 Å². The van der Waals surface area contributed by atoms with Crippen molar-refractivity contribution in [1.82, 2.24) is 29.3 Å². The summed E-state index contributed by atoms with van der Waals surface area (Å²) in [6.45, 7) is 2.33. The third-order valence-corrected chi connectivity index (χ3v) is 13.0. The van der Waals surface area contributed by atoms with Gasteiger partial charge in [-0.05, 0) is 88.2 Å². The molecule has 3 aromatic heterocycles. The minimum Gasteiger partial charge on any atom is -0.370 e. The molecule has 1 unspecified atom stereocenters. The molecule has 58 heavy (non-hydrogen) atoms. The first-order chi connectivity index (χ1) is 27.7. The smallest absolute Gasteiger partial charge is 0.370 e. The maximum absolute atomic E-state index is 15.4. The van der Waals surface area contributed by atoms with E-state index in [-0.39, 0.29) is 30.0 Å². The quantitative estimate of drug-likeness (QED) is 0.130. The molecule has 5 heterocycles. The number of amides is 3. The number of pyridine rings is 1. The van der Waals surface area contributed by atoms with Crippen LogP contribution in [0.25, 0.3) is 21.3 Å². The number of thiazole rings is 1. The fraction of sp³-hybridized carbons (Fsp3) is 0.450. The molecule has 0 radical (unpaired) electrons. The average molecular weight is 825 g/mol. The van der Waals surface area contributed by atoms with E-state index in [1.165, 1.54) is 38.7 Å². The normalized spacial score (nSPS) is 21.0. The Balaban J connectivity index is 0.866. The number of nitrogens with zero attached hydrogens (tertiary/aromatic N) is 6. The van der Waals surface area contributed by atoms with Crippen molar-refractivity contribution in [2.75, 3.05) is 36.9 Å². The summed E-state index contributed by atoms with van der Waals surface area (Å²) in [5, 5.41) is 5.51. The molecule has 306 valence electrons. The van der Waals surface area contributed by atoms with Gasteiger partial charge in [0, 0.05) is 51.1 Å². The highest BCUT2D eigenvalue weighted by atomic mass is 32.1. The number of carbonyl (C=O) groups excluding carboxylic acids is 3. The summed E-state index contributed by atoms with van der Waals surface area (Å²) in [5.41, 5.74) is -0.688. The van der Waals surface area contributed by atoms with E-state index in [1.807, 2.05) is 0 Å². The van der Waals surface area contributed by atoms with Crippen molar-refractivity contribution >= 4 is 61.7 Å². The second-order valence-corrected chi connectivity index (χ2v) is 16.6. The monoisotopic (exact) mass is 824 g/mol. The highest BCUT2D eigenvalue weighted by Gasteiger charge is 2.35. The van der Waals surface area contributed by atoms with Crippen molar-refractivity contribution < 1.29 is 36.3 Å². The molecule has 3 amide bonds. The largest absolute Gasteiger partial charge is 0.433 e. The van der Waals surface area contributed by atoms with E-state index < -0.39 is 58.7 Å². The summed E-state index contributed by atoms with van der Waals surface area (Å²) in [6, 6.07) is 8.04. The number of anilines is 2. The number of fused-ring (bicyclic) bond motifs is 2. The lowest BCUT2D eigenvalue weighted by molar-refractivity contribution is -0.141. The zero-order chi connectivity index (χ0) is 41.0. The number of aromatic nitrogens is 4. The number of imide groups is 1. The third-order valence-electron chi connectivity index (χ3n) is 11.9. The van der Waals surface area contributed by atoms with Gasteiger partial charge in [0.1, 0.15) is 34.6 Å². The molecule has 2 N–H and O–H groups in total. The Morgan fingerprint density at radius 1 is 0.948 bits per heavy atom. The predicted octanol–water partition coefficient (Wildman–Crippen LogP) is 6.75. The topological polar surface area (TPSA) is 134 Å². The van der Waals surface area contributed by atoms with Crippen LogP contribution in [0, 0.1) is 17.6 Å². The first kappa shape index (κ1) is 39.6. The number of halogens is 5. The Labute approximate surface area is 333 Å². The number of hydrogen-bond donors (Lipinski definition) is 2. The predicted molar refractivity (Wildman–Crippen MR) is 208 cm³/mol. The van der Waals surface area contributed by atoms with Crippen LogP contribution in [-0.2, 0) is 22.8 Å². The summed E-state index contributed by atoms with van der Waals surface area (Å²) in [5.74, 6) is -2.64. The number of alkyl halides is 3. The molecule has 5 aromatic rings. The van der Waals surface area contributed by atoms with Gasteiger partial charge in [0.2, 0.25) is 11.8 Å². The summed E-state index contributed by atoms with van der Waals surface area (Å²) in [6.07, 6.45) is 1.03. The van der Waals surface area contributed by atoms with E-state index >= 15 is 8.78 Å². The molecule has 8 rings (SSSR count). The lowest BCUT2D eigenvalue weighted by atomic mass is 9.82. The fourth-order valence-electron chi connectivity index (χ4n) is 8.77. The van der Waals surface area contributed by atoms with Gasteiger partial charge in [0.05, 0.1) is 32.1 Å². The molecule has 1 saturated carbocycles. The number of piperidine rings is 2. The van der Waals surface area contributed by atoms with Gasteiger partial charge in [-0.25, -0.2) is 23.5 Å². The highest BCUT2D eigenvalue weighted by Crippen LogP contribution is 2.41. The van der Waals surface area contributed by atoms with Gasteiger partial charge in [0.15, 0.2) is 0 Å². The van der Waals surface area contributed by atoms with E-state index in [4.69, 9.17) is 4.98 Å². The van der Waals surface area contributed by atoms with Crippen molar-refractivity contribution in [3.8, 4) is 0 Å². The van der Waals surface area contributed by atoms with E-state index in [0.717, 1.165) is 74.0 Å². The van der Waals surface area contributed by atoms with E-state index in [1.54, 1.807) is 13.1 Å². The van der Waals surface area contributed by atoms with Crippen molar-refractivity contribution in [2.24, 2.45) is 13.0 Å². The van der Waals surface area contributed by atoms with Gasteiger partial charge < -0.3 is 15.1 Å². The van der Waals surface area contributed by atoms with Crippen LogP contribution in [0.3, 0.4) is 0 Å². The minimum atomic E-state index is -4.72. The maximum atomic E-state index is 15.4. The van der Waals surface area contributed by atoms with Gasteiger partial charge in [-0.2, -0.15) is 13.2 Å². The molecule has 0 bridgehead atoms. The Kier molecular flexibility index (Phi) is 10.6. The molecule has 12 nitrogen and oxygen atoms in total. The molecule has 1 atom stereocenters. The average Bonchev–Trinajstić information content (AvgIpc) is 3.72. The summed E-state index contributed by atoms with van der Waals surface area (Å²) < 4.78 is 73.0. The van der Waals surface area contributed by atoms with Crippen molar-refractivity contribution in [2.45, 2.75) is 75.5 Å². The van der Waals surface area contributed by atoms with Crippen LogP contribution in [0.4, 0.5) is 33.3 Å². The number of nitrogens with one attached hydrogen (secondary N) is 2. The van der Waals surface area contributed by atoms with Gasteiger partial charge in [-0.1, -0.05) is 6.07 Å². The summed E-state index contributed by atoms with van der Waals surface area (Å²) in [4.78, 5) is 63.2. The Morgan fingerprint density at radius 3 is 2.40 bits per heavy atom. The van der Waals surface area contributed by atoms with Crippen LogP contribution in [0.15, 0.2) is 47.3 Å². The summed E-state index contributed by atoms with van der Waals surface area (Å²) >= 11 is 1.42. The molecule has 2 aliphatic heterocycles. The lowest BCUT2D eigenvalue weighted by Gasteiger charge is -2.40. The first-order valence-corrected chi connectivity index (χ1v) is 20.1. The minimum absolute atomic E-state index is 0.0656. The molecular formula is C40H41F5N8O4S. The first-order valence-electron chi connectivity index (χ1n) is 19.3. The number of hydrogen-bond acceptors (Lipinski definition) is 9. The zero-order valence-corrected chi connectivity index (χ0v) is 32.6. The zero-order valence-electron chi connectivity index (χ0n) is 31.7. The molecule has 18 heteroatoms. The Morgan fingerprint density at radius 2 is 1.69 bits per heavy atom. The second-order valence-electron chi connectivity index (χ2n) is 15.5. The van der Waals surface area contributed by atoms with Crippen molar-refractivity contribution in [3.63, 3.8) is 0 Å². The Hall–Kier alpha value is -5.23. The molecule has 1 aliphatic carbocycles. The molecule has 2 saturated heterocycles. The van der Waals surface area contributed by atoms with Crippen molar-refractivity contribution in [1.29, 1.82) is 0 Å². The molecule has 2 aromatic carbocycles. The van der Waals surface area contributed by atoms with E-state index in [0.29, 0.717) is 40.8 Å². The fourth-order valence-corrected chi connectivity index (χ4v) is 9.93. The third kappa shape index (κ3) is 7.58. The van der Waals surface area contributed by atoms with Crippen LogP contribution in [0.2, 0.25) is 0 Å². The van der Waals surface area contributed by atoms with E-state index in [2.05, 4.69) is 32.5 Å². The van der Waals surface area contributed by atoms with Crippen molar-refractivity contribution in [3.05, 3.63) is 81.0 Å². The van der Waals surface area contributed by atoms with Gasteiger partial charge in [-0.15, -0.1) is 11.3 Å². The van der Waals surface area contributed by atoms with Crippen LogP contribution in [-0.4, -0.2) is 74.4 Å². The number of imidazole rings is 1. The van der Waals surface area contributed by atoms with Crippen LogP contribution < -0.4 is 21.2 Å².